The highest BCUT2D eigenvalue weighted by Crippen LogP contribution is 2.66. The summed E-state index contributed by atoms with van der Waals surface area (Å²) in [5.74, 6) is 1.32. The van der Waals surface area contributed by atoms with E-state index in [1.165, 1.54) is 10.8 Å². The van der Waals surface area contributed by atoms with Crippen molar-refractivity contribution in [2.75, 3.05) is 24.7 Å². The van der Waals surface area contributed by atoms with E-state index < -0.39 is 56.1 Å². The van der Waals surface area contributed by atoms with Crippen LogP contribution in [-0.4, -0.2) is 75.2 Å². The Bertz CT molecular complexity index is 781. The molecular weight excluding hydrogens is 559 g/mol. The van der Waals surface area contributed by atoms with E-state index in [1.807, 2.05) is 6.92 Å². The molecule has 5 N–H and O–H groups in total. The van der Waals surface area contributed by atoms with E-state index in [2.05, 4.69) is 13.1 Å². The van der Waals surface area contributed by atoms with E-state index in [0.717, 1.165) is 12.2 Å². The molecule has 0 saturated carbocycles. The second-order valence-electron chi connectivity index (χ2n) is 5.93. The number of hydrogen-bond acceptors (Lipinski definition) is 12. The maximum Gasteiger partial charge on any atom is 0.490 e. The molecule has 0 aromatic heterocycles. The summed E-state index contributed by atoms with van der Waals surface area (Å²) in [6, 6.07) is -1.00. The first-order valence-electron chi connectivity index (χ1n) is 8.64. The lowest BCUT2D eigenvalue weighted by Crippen LogP contribution is -2.28. The van der Waals surface area contributed by atoms with Crippen molar-refractivity contribution in [1.82, 2.24) is 0 Å². The first-order chi connectivity index (χ1) is 14.5. The monoisotopic (exact) mass is 582 g/mol. The molecule has 1 fully saturated rings. The van der Waals surface area contributed by atoms with Crippen molar-refractivity contribution in [2.24, 2.45) is 0 Å². The van der Waals surface area contributed by atoms with Crippen molar-refractivity contribution in [3.63, 3.8) is 0 Å². The van der Waals surface area contributed by atoms with Crippen molar-refractivity contribution in [3.8, 4) is 0 Å². The normalized spacial score (nSPS) is 27.5. The Hall–Kier alpha value is 1.24. The molecule has 0 aromatic carbocycles. The van der Waals surface area contributed by atoms with E-state index in [0.29, 0.717) is 5.75 Å². The number of hydrogen-bond donors (Lipinski definition) is 5. The van der Waals surface area contributed by atoms with Crippen molar-refractivity contribution in [3.05, 3.63) is 0 Å². The molecule has 15 nitrogen and oxygen atoms in total. The molecule has 2 radical (unpaired) electrons. The highest BCUT2D eigenvalue weighted by Gasteiger charge is 2.43. The van der Waals surface area contributed by atoms with Gasteiger partial charge in [-0.25, -0.2) is 18.3 Å². The predicted octanol–water partition coefficient (Wildman–Crippen LogP) is 1.91. The Kier molecular flexibility index (Phi) is 13.2. The van der Waals surface area contributed by atoms with Crippen LogP contribution in [0, 0.1) is 0 Å². The molecule has 6 unspecified atom stereocenters. The van der Waals surface area contributed by atoms with Crippen LogP contribution in [0.2, 0.25) is 0 Å². The third-order valence-corrected chi connectivity index (χ3v) is 10.5. The summed E-state index contributed by atoms with van der Waals surface area (Å²) in [4.78, 5) is 45.4. The van der Waals surface area contributed by atoms with Crippen LogP contribution in [0.4, 0.5) is 0 Å². The SMILES string of the molecule is [B]C1CC(OP(=O)(O)OCCSSCCC)C(COP(=O)(O)OP(=O)(O)OP(=O)(O)O)O1. The average molecular weight is 582 g/mol. The van der Waals surface area contributed by atoms with Crippen molar-refractivity contribution < 1.29 is 69.7 Å². The lowest BCUT2D eigenvalue weighted by molar-refractivity contribution is -0.00692. The first kappa shape index (κ1) is 31.3. The Morgan fingerprint density at radius 2 is 1.56 bits per heavy atom. The van der Waals surface area contributed by atoms with Crippen LogP contribution in [0.15, 0.2) is 0 Å². The highest BCUT2D eigenvalue weighted by atomic mass is 33.1. The minimum Gasteiger partial charge on any atom is -0.380 e. The van der Waals surface area contributed by atoms with E-state index in [1.54, 1.807) is 10.8 Å². The molecule has 188 valence electrons. The number of phosphoric ester groups is 2. The molecule has 22 heteroatoms. The molecule has 1 heterocycles. The smallest absolute Gasteiger partial charge is 0.380 e. The topological polar surface area (TPSA) is 225 Å². The van der Waals surface area contributed by atoms with Crippen molar-refractivity contribution >= 4 is 60.7 Å². The van der Waals surface area contributed by atoms with Gasteiger partial charge in [-0.3, -0.25) is 13.6 Å². The predicted molar refractivity (Wildman–Crippen MR) is 115 cm³/mol. The lowest BCUT2D eigenvalue weighted by atomic mass is 9.96. The van der Waals surface area contributed by atoms with Gasteiger partial charge in [-0.1, -0.05) is 28.5 Å². The Balaban J connectivity index is 2.59. The summed E-state index contributed by atoms with van der Waals surface area (Å²) < 4.78 is 72.4. The highest BCUT2D eigenvalue weighted by molar-refractivity contribution is 8.76. The van der Waals surface area contributed by atoms with Gasteiger partial charge in [-0.2, -0.15) is 8.62 Å². The quantitative estimate of drug-likeness (QED) is 0.0758. The third kappa shape index (κ3) is 14.0. The fourth-order valence-corrected chi connectivity index (χ4v) is 8.13. The minimum atomic E-state index is -5.69. The minimum absolute atomic E-state index is 0.0962. The zero-order valence-electron chi connectivity index (χ0n) is 16.5. The molecule has 6 atom stereocenters. The molecule has 1 saturated heterocycles. The van der Waals surface area contributed by atoms with Gasteiger partial charge in [0.15, 0.2) is 0 Å². The largest absolute Gasteiger partial charge is 0.490 e. The first-order valence-corrected chi connectivity index (χ1v) is 17.1. The van der Waals surface area contributed by atoms with Crippen LogP contribution in [0.1, 0.15) is 19.8 Å². The summed E-state index contributed by atoms with van der Waals surface area (Å²) in [6.45, 7) is 1.03. The maximum absolute atomic E-state index is 12.1. The van der Waals surface area contributed by atoms with E-state index in [-0.39, 0.29) is 13.0 Å². The van der Waals surface area contributed by atoms with Crippen LogP contribution in [0.3, 0.4) is 0 Å². The zero-order valence-corrected chi connectivity index (χ0v) is 21.7. The van der Waals surface area contributed by atoms with Crippen LogP contribution < -0.4 is 0 Å². The molecule has 0 aliphatic carbocycles. The standard InChI is InChI=1S/C10H23BO15P4S2/c1-2-4-31-32-5-3-21-28(15,16)24-8-6-10(11)23-9(8)7-22-29(17,18)26-30(19,20)25-27(12,13)14/h8-10H,2-7H2,1H3,(H,15,16)(H,17,18)(H,19,20)(H2,12,13,14). The summed E-state index contributed by atoms with van der Waals surface area (Å²) in [6.07, 6.45) is -1.67. The van der Waals surface area contributed by atoms with Crippen molar-refractivity contribution in [2.45, 2.75) is 38.0 Å². The molecule has 0 amide bonds. The van der Waals surface area contributed by atoms with Crippen LogP contribution >= 0.6 is 52.9 Å². The van der Waals surface area contributed by atoms with Gasteiger partial charge >= 0.3 is 31.3 Å². The van der Waals surface area contributed by atoms with Gasteiger partial charge in [0.25, 0.3) is 0 Å². The van der Waals surface area contributed by atoms with Crippen LogP contribution in [0.25, 0.3) is 0 Å². The van der Waals surface area contributed by atoms with Gasteiger partial charge in [0.1, 0.15) is 14.0 Å². The maximum atomic E-state index is 12.1. The Morgan fingerprint density at radius 1 is 0.938 bits per heavy atom. The van der Waals surface area contributed by atoms with Crippen molar-refractivity contribution in [1.29, 1.82) is 0 Å². The molecule has 1 aliphatic heterocycles. The van der Waals surface area contributed by atoms with E-state index in [4.69, 9.17) is 36.3 Å². The van der Waals surface area contributed by atoms with Gasteiger partial charge in [-0.05, 0) is 12.8 Å². The summed E-state index contributed by atoms with van der Waals surface area (Å²) in [7, 11) is -12.6. The molecule has 0 aromatic rings. The van der Waals surface area contributed by atoms with Crippen LogP contribution in [-0.2, 0) is 45.2 Å². The zero-order chi connectivity index (χ0) is 24.6. The summed E-state index contributed by atoms with van der Waals surface area (Å²) >= 11 is 0. The lowest BCUT2D eigenvalue weighted by Gasteiger charge is -2.22. The second kappa shape index (κ2) is 13.5. The molecule has 1 aliphatic rings. The number of phosphoric acid groups is 4. The van der Waals surface area contributed by atoms with Gasteiger partial charge in [0.2, 0.25) is 0 Å². The molecule has 0 bridgehead atoms. The second-order valence-corrected chi connectivity index (χ2v) is 14.5. The van der Waals surface area contributed by atoms with E-state index in [9.17, 15) is 28.0 Å². The Morgan fingerprint density at radius 3 is 2.16 bits per heavy atom. The Labute approximate surface area is 193 Å². The summed E-state index contributed by atoms with van der Waals surface area (Å²) in [5.41, 5.74) is 0. The van der Waals surface area contributed by atoms with Gasteiger partial charge in [-0.15, -0.1) is 0 Å². The van der Waals surface area contributed by atoms with Gasteiger partial charge in [0.05, 0.1) is 19.3 Å². The average Bonchev–Trinajstić information content (AvgIpc) is 2.91. The number of rotatable bonds is 16. The fourth-order valence-electron chi connectivity index (χ4n) is 2.07. The molecular formula is C10H23BO15P4S2. The third-order valence-electron chi connectivity index (χ3n) is 3.11. The molecule has 0 spiro atoms. The summed E-state index contributed by atoms with van der Waals surface area (Å²) in [5, 5.41) is 0. The molecule has 32 heavy (non-hydrogen) atoms. The van der Waals surface area contributed by atoms with Gasteiger partial charge < -0.3 is 29.2 Å². The molecule has 1 rings (SSSR count). The fraction of sp³-hybridized carbons (Fsp3) is 1.00. The van der Waals surface area contributed by atoms with Gasteiger partial charge in [0, 0.05) is 17.5 Å². The van der Waals surface area contributed by atoms with Crippen LogP contribution in [0.5, 0.6) is 0 Å². The van der Waals surface area contributed by atoms with E-state index >= 15 is 0 Å². The number of ether oxygens (including phenoxy) is 1.